The fourth-order valence-electron chi connectivity index (χ4n) is 0.874. The Morgan fingerprint density at radius 2 is 2.36 bits per heavy atom. The molecule has 0 radical (unpaired) electrons. The fourth-order valence-corrected chi connectivity index (χ4v) is 0.874. The minimum atomic E-state index is 0.705. The molecule has 0 amide bonds. The van der Waals surface area contributed by atoms with Crippen LogP contribution in [0.4, 0.5) is 0 Å². The first-order valence-corrected chi connectivity index (χ1v) is 4.30. The van der Waals surface area contributed by atoms with Gasteiger partial charge in [-0.15, -0.1) is 0 Å². The van der Waals surface area contributed by atoms with Gasteiger partial charge in [0.2, 0.25) is 0 Å². The first-order chi connectivity index (χ1) is 5.33. The number of nitrogens with one attached hydrogen (secondary N) is 1. The average molecular weight is 155 g/mol. The van der Waals surface area contributed by atoms with Crippen LogP contribution in [-0.2, 0) is 4.74 Å². The molecule has 0 aliphatic heterocycles. The summed E-state index contributed by atoms with van der Waals surface area (Å²) in [5.41, 5.74) is 1.15. The third-order valence-corrected chi connectivity index (χ3v) is 1.73. The Kier molecular flexibility index (Phi) is 3.60. The van der Waals surface area contributed by atoms with E-state index < -0.39 is 0 Å². The van der Waals surface area contributed by atoms with Crippen molar-refractivity contribution in [2.45, 2.75) is 25.8 Å². The zero-order chi connectivity index (χ0) is 8.10. The van der Waals surface area contributed by atoms with Crippen LogP contribution in [0.5, 0.6) is 0 Å². The molecule has 0 atom stereocenters. The maximum absolute atomic E-state index is 5.21. The Bertz CT molecular complexity index is 130. The smallest absolute Gasteiger partial charge is 0.0686 e. The van der Waals surface area contributed by atoms with E-state index in [9.17, 15) is 0 Å². The highest BCUT2D eigenvalue weighted by Crippen LogP contribution is 2.18. The van der Waals surface area contributed by atoms with Crippen LogP contribution < -0.4 is 5.32 Å². The van der Waals surface area contributed by atoms with Crippen molar-refractivity contribution in [3.8, 4) is 0 Å². The zero-order valence-electron chi connectivity index (χ0n) is 7.23. The van der Waals surface area contributed by atoms with E-state index in [2.05, 4.69) is 11.9 Å². The highest BCUT2D eigenvalue weighted by atomic mass is 16.5. The van der Waals surface area contributed by atoms with E-state index in [1.54, 1.807) is 0 Å². The standard InChI is InChI=1S/C9H17NO/c1-3-11-7-8(2)6-10-9-4-5-9/h9-10H,2-7H2,1H3. The van der Waals surface area contributed by atoms with Gasteiger partial charge in [0.05, 0.1) is 6.61 Å². The summed E-state index contributed by atoms with van der Waals surface area (Å²) in [5, 5.41) is 3.39. The molecular weight excluding hydrogens is 138 g/mol. The Hall–Kier alpha value is -0.340. The van der Waals surface area contributed by atoms with Gasteiger partial charge in [0, 0.05) is 19.2 Å². The van der Waals surface area contributed by atoms with Crippen molar-refractivity contribution in [2.75, 3.05) is 19.8 Å². The molecule has 2 heteroatoms. The van der Waals surface area contributed by atoms with E-state index in [1.807, 2.05) is 6.92 Å². The van der Waals surface area contributed by atoms with Crippen LogP contribution in [0.15, 0.2) is 12.2 Å². The molecule has 0 bridgehead atoms. The fraction of sp³-hybridized carbons (Fsp3) is 0.778. The third kappa shape index (κ3) is 4.17. The molecule has 0 unspecified atom stereocenters. The van der Waals surface area contributed by atoms with Gasteiger partial charge in [0.15, 0.2) is 0 Å². The maximum atomic E-state index is 5.21. The molecule has 64 valence electrons. The number of hydrogen-bond donors (Lipinski definition) is 1. The second-order valence-corrected chi connectivity index (χ2v) is 3.04. The lowest BCUT2D eigenvalue weighted by atomic mass is 10.3. The van der Waals surface area contributed by atoms with Crippen molar-refractivity contribution in [3.05, 3.63) is 12.2 Å². The highest BCUT2D eigenvalue weighted by molar-refractivity contribution is 4.99. The Morgan fingerprint density at radius 1 is 1.64 bits per heavy atom. The van der Waals surface area contributed by atoms with Crippen LogP contribution >= 0.6 is 0 Å². The van der Waals surface area contributed by atoms with Crippen LogP contribution in [0.2, 0.25) is 0 Å². The summed E-state index contributed by atoms with van der Waals surface area (Å²) in [7, 11) is 0. The van der Waals surface area contributed by atoms with E-state index in [4.69, 9.17) is 4.74 Å². The lowest BCUT2D eigenvalue weighted by molar-refractivity contribution is 0.169. The summed E-state index contributed by atoms with van der Waals surface area (Å²) in [4.78, 5) is 0. The van der Waals surface area contributed by atoms with Gasteiger partial charge in [-0.25, -0.2) is 0 Å². The summed E-state index contributed by atoms with van der Waals surface area (Å²) in [6.45, 7) is 8.31. The summed E-state index contributed by atoms with van der Waals surface area (Å²) >= 11 is 0. The SMILES string of the molecule is C=C(CNC1CC1)COCC. The molecule has 0 aromatic heterocycles. The lowest BCUT2D eigenvalue weighted by Gasteiger charge is -2.05. The van der Waals surface area contributed by atoms with E-state index >= 15 is 0 Å². The van der Waals surface area contributed by atoms with Crippen molar-refractivity contribution in [1.82, 2.24) is 5.32 Å². The van der Waals surface area contributed by atoms with Crippen LogP contribution in [0.1, 0.15) is 19.8 Å². The van der Waals surface area contributed by atoms with Gasteiger partial charge in [-0.2, -0.15) is 0 Å². The van der Waals surface area contributed by atoms with Gasteiger partial charge in [0.25, 0.3) is 0 Å². The monoisotopic (exact) mass is 155 g/mol. The Morgan fingerprint density at radius 3 is 2.91 bits per heavy atom. The summed E-state index contributed by atoms with van der Waals surface area (Å²) in [6.07, 6.45) is 2.67. The van der Waals surface area contributed by atoms with Crippen molar-refractivity contribution < 1.29 is 4.74 Å². The molecule has 1 aliphatic carbocycles. The van der Waals surface area contributed by atoms with Crippen molar-refractivity contribution in [1.29, 1.82) is 0 Å². The normalized spacial score (nSPS) is 16.8. The van der Waals surface area contributed by atoms with Crippen LogP contribution in [0, 0.1) is 0 Å². The topological polar surface area (TPSA) is 21.3 Å². The first-order valence-electron chi connectivity index (χ1n) is 4.30. The largest absolute Gasteiger partial charge is 0.377 e. The van der Waals surface area contributed by atoms with Crippen LogP contribution in [0.25, 0.3) is 0 Å². The minimum Gasteiger partial charge on any atom is -0.377 e. The van der Waals surface area contributed by atoms with Gasteiger partial charge >= 0.3 is 0 Å². The number of ether oxygens (including phenoxy) is 1. The predicted octanol–water partition coefficient (Wildman–Crippen LogP) is 1.33. The Balaban J connectivity index is 1.91. The van der Waals surface area contributed by atoms with Gasteiger partial charge in [0.1, 0.15) is 0 Å². The highest BCUT2D eigenvalue weighted by Gasteiger charge is 2.19. The maximum Gasteiger partial charge on any atom is 0.0686 e. The van der Waals surface area contributed by atoms with Crippen molar-refractivity contribution >= 4 is 0 Å². The second kappa shape index (κ2) is 4.52. The molecule has 2 nitrogen and oxygen atoms in total. The molecule has 1 aliphatic rings. The first kappa shape index (κ1) is 8.75. The van der Waals surface area contributed by atoms with Crippen molar-refractivity contribution in [3.63, 3.8) is 0 Å². The molecule has 0 spiro atoms. The number of hydrogen-bond acceptors (Lipinski definition) is 2. The Labute approximate surface area is 68.6 Å². The summed E-state index contributed by atoms with van der Waals surface area (Å²) < 4.78 is 5.21. The van der Waals surface area contributed by atoms with Crippen molar-refractivity contribution in [2.24, 2.45) is 0 Å². The van der Waals surface area contributed by atoms with Gasteiger partial charge in [-0.05, 0) is 25.3 Å². The van der Waals surface area contributed by atoms with Crippen LogP contribution in [-0.4, -0.2) is 25.8 Å². The molecule has 1 fully saturated rings. The molecule has 1 saturated carbocycles. The lowest BCUT2D eigenvalue weighted by Crippen LogP contribution is -2.20. The van der Waals surface area contributed by atoms with E-state index in [-0.39, 0.29) is 0 Å². The van der Waals surface area contributed by atoms with Crippen LogP contribution in [0.3, 0.4) is 0 Å². The minimum absolute atomic E-state index is 0.705. The third-order valence-electron chi connectivity index (χ3n) is 1.73. The molecule has 1 N–H and O–H groups in total. The van der Waals surface area contributed by atoms with E-state index in [1.165, 1.54) is 12.8 Å². The quantitative estimate of drug-likeness (QED) is 0.584. The number of rotatable bonds is 6. The zero-order valence-corrected chi connectivity index (χ0v) is 7.23. The van der Waals surface area contributed by atoms with Gasteiger partial charge in [-0.1, -0.05) is 6.58 Å². The summed E-state index contributed by atoms with van der Waals surface area (Å²) in [5.74, 6) is 0. The predicted molar refractivity (Wildman–Crippen MR) is 46.7 cm³/mol. The molecule has 0 saturated heterocycles. The molecule has 0 aromatic carbocycles. The van der Waals surface area contributed by atoms with E-state index in [0.717, 1.165) is 24.8 Å². The molecule has 1 rings (SSSR count). The second-order valence-electron chi connectivity index (χ2n) is 3.04. The average Bonchev–Trinajstić information content (AvgIpc) is 2.80. The van der Waals surface area contributed by atoms with E-state index in [0.29, 0.717) is 6.61 Å². The molecular formula is C9H17NO. The summed E-state index contributed by atoms with van der Waals surface area (Å²) in [6, 6.07) is 0.772. The molecule has 0 aromatic rings. The van der Waals surface area contributed by atoms with Gasteiger partial charge in [-0.3, -0.25) is 0 Å². The molecule has 0 heterocycles. The molecule has 11 heavy (non-hydrogen) atoms. The van der Waals surface area contributed by atoms with Gasteiger partial charge < -0.3 is 10.1 Å².